The van der Waals surface area contributed by atoms with Crippen LogP contribution in [0.4, 0.5) is 0 Å². The van der Waals surface area contributed by atoms with Crippen LogP contribution in [0.5, 0.6) is 0 Å². The third kappa shape index (κ3) is 3.56. The smallest absolute Gasteiger partial charge is 0.0548 e. The Morgan fingerprint density at radius 1 is 0.333 bits per heavy atom. The van der Waals surface area contributed by atoms with Crippen molar-refractivity contribution in [3.05, 3.63) is 158 Å². The Morgan fingerprint density at radius 3 is 1.51 bits per heavy atom. The van der Waals surface area contributed by atoms with E-state index < -0.39 is 0 Å². The van der Waals surface area contributed by atoms with Gasteiger partial charge in [-0.3, -0.25) is 0 Å². The van der Waals surface area contributed by atoms with Crippen molar-refractivity contribution >= 4 is 75.1 Å². The summed E-state index contributed by atoms with van der Waals surface area (Å²) < 4.78 is 7.51. The lowest BCUT2D eigenvalue weighted by molar-refractivity contribution is 1.17. The summed E-state index contributed by atoms with van der Waals surface area (Å²) in [5, 5.41) is 7.81. The maximum atomic E-state index is 2.43. The highest BCUT2D eigenvalue weighted by atomic mass is 32.1. The summed E-state index contributed by atoms with van der Waals surface area (Å²) in [7, 11) is 0. The summed E-state index contributed by atoms with van der Waals surface area (Å²) in [4.78, 5) is 0. The SMILES string of the molecule is c1ccc(-n2c3ccccc3c3c4c5ccccc5n(-c5ccc(-c6ccc7sc8ccccc8c7c6)cc5)c4ccc32)cc1. The predicted octanol–water partition coefficient (Wildman–Crippen LogP) is 11.9. The van der Waals surface area contributed by atoms with Gasteiger partial charge in [0, 0.05) is 53.1 Å². The Bertz CT molecular complexity index is 2740. The van der Waals surface area contributed by atoms with E-state index in [9.17, 15) is 0 Å². The molecule has 3 heteroatoms. The molecule has 0 saturated carbocycles. The molecule has 0 amide bonds. The van der Waals surface area contributed by atoms with E-state index in [-0.39, 0.29) is 0 Å². The second-order valence-electron chi connectivity index (χ2n) is 11.8. The van der Waals surface area contributed by atoms with Crippen LogP contribution in [0.25, 0.3) is 86.3 Å². The van der Waals surface area contributed by atoms with Gasteiger partial charge >= 0.3 is 0 Å². The molecule has 10 rings (SSSR count). The fourth-order valence-corrected chi connectivity index (χ4v) is 8.45. The Kier molecular flexibility index (Phi) is 5.19. The lowest BCUT2D eigenvalue weighted by Gasteiger charge is -2.10. The van der Waals surface area contributed by atoms with Crippen LogP contribution in [0.2, 0.25) is 0 Å². The van der Waals surface area contributed by atoms with Crippen molar-refractivity contribution in [2.24, 2.45) is 0 Å². The Balaban J connectivity index is 1.19. The topological polar surface area (TPSA) is 9.86 Å². The molecule has 45 heavy (non-hydrogen) atoms. The van der Waals surface area contributed by atoms with E-state index in [2.05, 4.69) is 167 Å². The molecule has 0 atom stereocenters. The molecular formula is C42H26N2S. The molecule has 0 aliphatic carbocycles. The summed E-state index contributed by atoms with van der Waals surface area (Å²) in [6, 6.07) is 57.6. The van der Waals surface area contributed by atoms with E-state index in [1.165, 1.54) is 80.6 Å². The van der Waals surface area contributed by atoms with Gasteiger partial charge in [0.15, 0.2) is 0 Å². The van der Waals surface area contributed by atoms with Gasteiger partial charge in [-0.2, -0.15) is 0 Å². The molecule has 0 radical (unpaired) electrons. The highest BCUT2D eigenvalue weighted by molar-refractivity contribution is 7.25. The molecule has 0 aliphatic rings. The predicted molar refractivity (Wildman–Crippen MR) is 193 cm³/mol. The molecule has 3 aromatic heterocycles. The van der Waals surface area contributed by atoms with E-state index >= 15 is 0 Å². The minimum Gasteiger partial charge on any atom is -0.309 e. The summed E-state index contributed by atoms with van der Waals surface area (Å²) in [6.07, 6.45) is 0. The Morgan fingerprint density at radius 2 is 0.844 bits per heavy atom. The van der Waals surface area contributed by atoms with Crippen molar-refractivity contribution in [2.45, 2.75) is 0 Å². The average Bonchev–Trinajstić information content (AvgIpc) is 3.76. The third-order valence-corrected chi connectivity index (χ3v) is 10.5. The van der Waals surface area contributed by atoms with Gasteiger partial charge in [-0.15, -0.1) is 11.3 Å². The van der Waals surface area contributed by atoms with Crippen LogP contribution in [-0.4, -0.2) is 9.13 Å². The number of aromatic nitrogens is 2. The van der Waals surface area contributed by atoms with E-state index in [1.54, 1.807) is 0 Å². The summed E-state index contributed by atoms with van der Waals surface area (Å²) >= 11 is 1.87. The minimum atomic E-state index is 1.16. The first-order valence-electron chi connectivity index (χ1n) is 15.4. The molecule has 2 nitrogen and oxygen atoms in total. The highest BCUT2D eigenvalue weighted by Crippen LogP contribution is 2.42. The number of hydrogen-bond donors (Lipinski definition) is 0. The molecular weight excluding hydrogens is 565 g/mol. The van der Waals surface area contributed by atoms with Gasteiger partial charge in [0.1, 0.15) is 0 Å². The monoisotopic (exact) mass is 590 g/mol. The van der Waals surface area contributed by atoms with E-state index in [4.69, 9.17) is 0 Å². The maximum Gasteiger partial charge on any atom is 0.0548 e. The molecule has 0 unspecified atom stereocenters. The molecule has 0 bridgehead atoms. The van der Waals surface area contributed by atoms with Gasteiger partial charge < -0.3 is 9.13 Å². The number of thiophene rings is 1. The molecule has 210 valence electrons. The van der Waals surface area contributed by atoms with Crippen molar-refractivity contribution in [3.8, 4) is 22.5 Å². The Labute approximate surface area is 263 Å². The van der Waals surface area contributed by atoms with Crippen LogP contribution in [0.1, 0.15) is 0 Å². The molecule has 0 N–H and O–H groups in total. The van der Waals surface area contributed by atoms with Crippen molar-refractivity contribution in [1.82, 2.24) is 9.13 Å². The lowest BCUT2D eigenvalue weighted by atomic mass is 10.0. The van der Waals surface area contributed by atoms with Crippen molar-refractivity contribution < 1.29 is 0 Å². The van der Waals surface area contributed by atoms with Crippen LogP contribution < -0.4 is 0 Å². The van der Waals surface area contributed by atoms with E-state index in [0.717, 1.165) is 5.69 Å². The fraction of sp³-hybridized carbons (Fsp3) is 0. The van der Waals surface area contributed by atoms with E-state index in [1.807, 2.05) is 11.3 Å². The normalized spacial score (nSPS) is 12.0. The molecule has 0 saturated heterocycles. The first kappa shape index (κ1) is 24.8. The zero-order chi connectivity index (χ0) is 29.5. The third-order valence-electron chi connectivity index (χ3n) is 9.32. The zero-order valence-corrected chi connectivity index (χ0v) is 25.1. The quantitative estimate of drug-likeness (QED) is 0.194. The molecule has 0 spiro atoms. The number of fused-ring (bicyclic) bond motifs is 10. The van der Waals surface area contributed by atoms with Gasteiger partial charge in [-0.05, 0) is 77.9 Å². The fourth-order valence-electron chi connectivity index (χ4n) is 7.36. The number of rotatable bonds is 3. The average molecular weight is 591 g/mol. The van der Waals surface area contributed by atoms with E-state index in [0.29, 0.717) is 0 Å². The number of benzene rings is 7. The molecule has 0 fully saturated rings. The summed E-state index contributed by atoms with van der Waals surface area (Å²) in [5.41, 5.74) is 9.70. The van der Waals surface area contributed by atoms with Crippen molar-refractivity contribution in [1.29, 1.82) is 0 Å². The molecule has 10 aromatic rings. The van der Waals surface area contributed by atoms with Crippen LogP contribution >= 0.6 is 11.3 Å². The van der Waals surface area contributed by atoms with Gasteiger partial charge in [0.2, 0.25) is 0 Å². The summed E-state index contributed by atoms with van der Waals surface area (Å²) in [6.45, 7) is 0. The number of hydrogen-bond acceptors (Lipinski definition) is 1. The second-order valence-corrected chi connectivity index (χ2v) is 12.8. The highest BCUT2D eigenvalue weighted by Gasteiger charge is 2.20. The van der Waals surface area contributed by atoms with Gasteiger partial charge in [-0.25, -0.2) is 0 Å². The standard InChI is InChI=1S/C42H26N2S/c1-2-10-29(11-3-1)43-35-15-7-4-13-32(35)41-37(43)23-24-38-42(41)33-14-5-8-16-36(33)44(38)30-21-18-27(19-22-30)28-20-25-40-34(26-28)31-12-6-9-17-39(31)45-40/h1-26H. The lowest BCUT2D eigenvalue weighted by Crippen LogP contribution is -1.94. The van der Waals surface area contributed by atoms with Crippen LogP contribution in [0, 0.1) is 0 Å². The number of nitrogens with zero attached hydrogens (tertiary/aromatic N) is 2. The zero-order valence-electron chi connectivity index (χ0n) is 24.3. The van der Waals surface area contributed by atoms with Gasteiger partial charge in [0.05, 0.1) is 22.1 Å². The van der Waals surface area contributed by atoms with Crippen LogP contribution in [0.3, 0.4) is 0 Å². The molecule has 3 heterocycles. The Hall–Kier alpha value is -5.64. The van der Waals surface area contributed by atoms with Crippen LogP contribution in [0.15, 0.2) is 158 Å². The first-order valence-corrected chi connectivity index (χ1v) is 16.2. The van der Waals surface area contributed by atoms with Crippen LogP contribution in [-0.2, 0) is 0 Å². The minimum absolute atomic E-state index is 1.16. The van der Waals surface area contributed by atoms with Gasteiger partial charge in [-0.1, -0.05) is 91.0 Å². The largest absolute Gasteiger partial charge is 0.309 e. The number of para-hydroxylation sites is 3. The van der Waals surface area contributed by atoms with Gasteiger partial charge in [0.25, 0.3) is 0 Å². The molecule has 0 aliphatic heterocycles. The molecule has 7 aromatic carbocycles. The first-order chi connectivity index (χ1) is 22.3. The van der Waals surface area contributed by atoms with Crippen molar-refractivity contribution in [3.63, 3.8) is 0 Å². The maximum absolute atomic E-state index is 2.43. The second kappa shape index (κ2) is 9.43. The van der Waals surface area contributed by atoms with Crippen molar-refractivity contribution in [2.75, 3.05) is 0 Å². The summed E-state index contributed by atoms with van der Waals surface area (Å²) in [5.74, 6) is 0.